The maximum Gasteiger partial charge on any atom is 0.222 e. The second-order valence-corrected chi connectivity index (χ2v) is 4.96. The van der Waals surface area contributed by atoms with Gasteiger partial charge in [0.05, 0.1) is 36.7 Å². The van der Waals surface area contributed by atoms with Crippen molar-refractivity contribution in [1.29, 1.82) is 0 Å². The van der Waals surface area contributed by atoms with Gasteiger partial charge in [0.15, 0.2) is 5.75 Å². The lowest BCUT2D eigenvalue weighted by atomic mass is 10.2. The van der Waals surface area contributed by atoms with E-state index in [0.717, 1.165) is 0 Å². The zero-order valence-electron chi connectivity index (χ0n) is 11.2. The van der Waals surface area contributed by atoms with Gasteiger partial charge in [-0.05, 0) is 11.6 Å². The van der Waals surface area contributed by atoms with Crippen LogP contribution in [-0.2, 0) is 6.61 Å². The van der Waals surface area contributed by atoms with Crippen LogP contribution in [0.15, 0.2) is 18.5 Å². The first-order chi connectivity index (χ1) is 10.1. The fourth-order valence-electron chi connectivity index (χ4n) is 1.59. The van der Waals surface area contributed by atoms with Gasteiger partial charge in [0.1, 0.15) is 18.1 Å². The van der Waals surface area contributed by atoms with Crippen LogP contribution in [0.1, 0.15) is 5.56 Å². The molecule has 0 radical (unpaired) electrons. The van der Waals surface area contributed by atoms with Crippen LogP contribution in [0.5, 0.6) is 17.2 Å². The van der Waals surface area contributed by atoms with E-state index in [0.29, 0.717) is 32.9 Å². The highest BCUT2D eigenvalue weighted by Crippen LogP contribution is 2.40. The Morgan fingerprint density at radius 3 is 1.95 bits per heavy atom. The Morgan fingerprint density at radius 1 is 0.952 bits per heavy atom. The normalized spacial score (nSPS) is 10.3. The predicted octanol–water partition coefficient (Wildman–Crippen LogP) is 4.03. The topological polar surface area (TPSA) is 53.5 Å². The molecule has 1 heterocycles. The molecule has 0 N–H and O–H groups in total. The van der Waals surface area contributed by atoms with E-state index in [1.807, 2.05) is 0 Å². The average Bonchev–Trinajstić information content (AvgIpc) is 2.49. The van der Waals surface area contributed by atoms with E-state index in [9.17, 15) is 0 Å². The predicted molar refractivity (Wildman–Crippen MR) is 80.9 cm³/mol. The molecule has 2 rings (SSSR count). The molecule has 0 fully saturated rings. The molecule has 1 aromatic heterocycles. The van der Waals surface area contributed by atoms with Crippen LogP contribution in [0.4, 0.5) is 0 Å². The molecule has 0 aliphatic carbocycles. The first kappa shape index (κ1) is 15.9. The van der Waals surface area contributed by atoms with Gasteiger partial charge in [-0.15, -0.1) is 0 Å². The van der Waals surface area contributed by atoms with Gasteiger partial charge < -0.3 is 14.2 Å². The molecule has 112 valence electrons. The molecule has 0 aliphatic heterocycles. The summed E-state index contributed by atoms with van der Waals surface area (Å²) in [4.78, 5) is 7.64. The summed E-state index contributed by atoms with van der Waals surface area (Å²) in [6.07, 6.45) is 2.91. The van der Waals surface area contributed by atoms with Crippen molar-refractivity contribution in [2.24, 2.45) is 0 Å². The fourth-order valence-corrected chi connectivity index (χ4v) is 2.30. The number of aromatic nitrogens is 2. The zero-order valence-corrected chi connectivity index (χ0v) is 13.5. The highest BCUT2D eigenvalue weighted by Gasteiger charge is 2.17. The Hall–Kier alpha value is -1.43. The maximum absolute atomic E-state index is 6.24. The van der Waals surface area contributed by atoms with Crippen molar-refractivity contribution >= 4 is 34.8 Å². The van der Waals surface area contributed by atoms with Crippen molar-refractivity contribution in [2.45, 2.75) is 6.61 Å². The molecular formula is C13H11Cl3N2O3. The van der Waals surface area contributed by atoms with Gasteiger partial charge in [-0.25, -0.2) is 9.97 Å². The SMILES string of the molecule is COc1cc(OC)c(Cl)c(COc2cnc(Cl)nc2)c1Cl. The number of rotatable bonds is 5. The molecule has 0 atom stereocenters. The molecule has 0 bridgehead atoms. The molecular weight excluding hydrogens is 339 g/mol. The van der Waals surface area contributed by atoms with E-state index in [2.05, 4.69) is 9.97 Å². The number of ether oxygens (including phenoxy) is 3. The molecule has 8 heteroatoms. The van der Waals surface area contributed by atoms with E-state index in [-0.39, 0.29) is 11.9 Å². The third-order valence-corrected chi connectivity index (χ3v) is 3.67. The quantitative estimate of drug-likeness (QED) is 0.763. The Kier molecular flexibility index (Phi) is 5.33. The monoisotopic (exact) mass is 348 g/mol. The molecule has 1 aromatic carbocycles. The molecule has 2 aromatic rings. The van der Waals surface area contributed by atoms with Gasteiger partial charge in [-0.3, -0.25) is 0 Å². The summed E-state index contributed by atoms with van der Waals surface area (Å²) >= 11 is 18.1. The maximum atomic E-state index is 6.24. The van der Waals surface area contributed by atoms with Gasteiger partial charge in [0.25, 0.3) is 0 Å². The molecule has 0 spiro atoms. The first-order valence-electron chi connectivity index (χ1n) is 5.76. The van der Waals surface area contributed by atoms with Gasteiger partial charge in [-0.1, -0.05) is 23.2 Å². The molecule has 0 amide bonds. The number of halogens is 3. The van der Waals surface area contributed by atoms with Crippen LogP contribution < -0.4 is 14.2 Å². The summed E-state index contributed by atoms with van der Waals surface area (Å²) in [5, 5.41) is 0.859. The highest BCUT2D eigenvalue weighted by atomic mass is 35.5. The lowest BCUT2D eigenvalue weighted by Gasteiger charge is -2.15. The van der Waals surface area contributed by atoms with E-state index >= 15 is 0 Å². The third-order valence-electron chi connectivity index (χ3n) is 2.64. The van der Waals surface area contributed by atoms with Crippen molar-refractivity contribution in [2.75, 3.05) is 14.2 Å². The van der Waals surface area contributed by atoms with E-state index in [4.69, 9.17) is 49.0 Å². The van der Waals surface area contributed by atoms with Gasteiger partial charge in [0.2, 0.25) is 5.28 Å². The van der Waals surface area contributed by atoms with Gasteiger partial charge >= 0.3 is 0 Å². The summed E-state index contributed by atoms with van der Waals surface area (Å²) in [5.74, 6) is 1.33. The fraction of sp³-hybridized carbons (Fsp3) is 0.231. The average molecular weight is 350 g/mol. The number of benzene rings is 1. The zero-order chi connectivity index (χ0) is 15.4. The smallest absolute Gasteiger partial charge is 0.222 e. The molecule has 0 unspecified atom stereocenters. The summed E-state index contributed by atoms with van der Waals surface area (Å²) in [6, 6.07) is 1.61. The van der Waals surface area contributed by atoms with Crippen molar-refractivity contribution in [3.05, 3.63) is 39.4 Å². The van der Waals surface area contributed by atoms with E-state index in [1.54, 1.807) is 6.07 Å². The summed E-state index contributed by atoms with van der Waals surface area (Å²) in [6.45, 7) is 0.107. The lowest BCUT2D eigenvalue weighted by molar-refractivity contribution is 0.301. The minimum absolute atomic E-state index is 0.107. The van der Waals surface area contributed by atoms with Gasteiger partial charge in [0, 0.05) is 11.6 Å². The van der Waals surface area contributed by atoms with Crippen molar-refractivity contribution in [3.8, 4) is 17.2 Å². The number of nitrogens with zero attached hydrogens (tertiary/aromatic N) is 2. The Labute approximate surface area is 136 Å². The molecule has 21 heavy (non-hydrogen) atoms. The largest absolute Gasteiger partial charge is 0.495 e. The van der Waals surface area contributed by atoms with E-state index < -0.39 is 0 Å². The van der Waals surface area contributed by atoms with Crippen LogP contribution in [0, 0.1) is 0 Å². The second kappa shape index (κ2) is 7.02. The lowest BCUT2D eigenvalue weighted by Crippen LogP contribution is -2.01. The Balaban J connectivity index is 2.28. The summed E-state index contributed by atoms with van der Waals surface area (Å²) in [5.41, 5.74) is 0.546. The minimum Gasteiger partial charge on any atom is -0.495 e. The van der Waals surface area contributed by atoms with Crippen LogP contribution in [0.25, 0.3) is 0 Å². The minimum atomic E-state index is 0.107. The van der Waals surface area contributed by atoms with Crippen molar-refractivity contribution in [3.63, 3.8) is 0 Å². The molecule has 0 aliphatic rings. The standard InChI is InChI=1S/C13H11Cl3N2O3/c1-19-9-3-10(20-2)12(15)8(11(9)14)6-21-7-4-17-13(16)18-5-7/h3-5H,6H2,1-2H3. The van der Waals surface area contributed by atoms with Crippen LogP contribution in [0.3, 0.4) is 0 Å². The summed E-state index contributed by atoms with van der Waals surface area (Å²) < 4.78 is 15.9. The molecule has 0 saturated heterocycles. The van der Waals surface area contributed by atoms with Gasteiger partial charge in [-0.2, -0.15) is 0 Å². The second-order valence-electron chi connectivity index (χ2n) is 3.86. The van der Waals surface area contributed by atoms with Crippen LogP contribution >= 0.6 is 34.8 Å². The number of methoxy groups -OCH3 is 2. The highest BCUT2D eigenvalue weighted by molar-refractivity contribution is 6.37. The van der Waals surface area contributed by atoms with Crippen molar-refractivity contribution < 1.29 is 14.2 Å². The molecule has 0 saturated carbocycles. The first-order valence-corrected chi connectivity index (χ1v) is 6.89. The third kappa shape index (κ3) is 3.61. The Bertz CT molecular complexity index is 607. The van der Waals surface area contributed by atoms with Crippen LogP contribution in [-0.4, -0.2) is 24.2 Å². The van der Waals surface area contributed by atoms with Crippen molar-refractivity contribution in [1.82, 2.24) is 9.97 Å². The van der Waals surface area contributed by atoms with E-state index in [1.165, 1.54) is 26.6 Å². The number of hydrogen-bond acceptors (Lipinski definition) is 5. The number of hydrogen-bond donors (Lipinski definition) is 0. The van der Waals surface area contributed by atoms with Crippen LogP contribution in [0.2, 0.25) is 15.3 Å². The Morgan fingerprint density at radius 2 is 1.48 bits per heavy atom. The molecule has 5 nitrogen and oxygen atoms in total. The summed E-state index contributed by atoms with van der Waals surface area (Å²) in [7, 11) is 3.01.